The number of nitrogens with zero attached hydrogens (tertiary/aromatic N) is 2. The van der Waals surface area contributed by atoms with Gasteiger partial charge in [-0.2, -0.15) is 4.31 Å². The number of hydrogen-bond acceptors (Lipinski definition) is 6. The first-order valence-corrected chi connectivity index (χ1v) is 15.8. The number of halogens is 1. The molecule has 0 aromatic heterocycles. The van der Waals surface area contributed by atoms with E-state index >= 15 is 0 Å². The fraction of sp³-hybridized carbons (Fsp3) is 0.355. The minimum absolute atomic E-state index is 0.139. The number of rotatable bonds is 13. The standard InChI is InChI=1S/C31H36ClN3O6S/c1-2-3-17-33-31(37)30(25-7-5-4-6-8-25)35(22-24-9-11-26(32)12-10-24)29(36)23-41-27-13-15-28(16-14-27)42(38,39)34-18-20-40-21-19-34/h4-16,30H,2-3,17-23H2,1H3,(H,33,37)/t30-/m0/s1. The molecule has 0 bridgehead atoms. The number of ether oxygens (including phenoxy) is 2. The SMILES string of the molecule is CCCCNC(=O)[C@H](c1ccccc1)N(Cc1ccc(Cl)cc1)C(=O)COc1ccc(S(=O)(=O)N2CCOCC2)cc1. The third kappa shape index (κ3) is 8.32. The summed E-state index contributed by atoms with van der Waals surface area (Å²) in [6.07, 6.45) is 1.74. The van der Waals surface area contributed by atoms with Crippen molar-refractivity contribution in [2.45, 2.75) is 37.2 Å². The van der Waals surface area contributed by atoms with Gasteiger partial charge >= 0.3 is 0 Å². The molecule has 1 atom stereocenters. The zero-order valence-electron chi connectivity index (χ0n) is 23.6. The van der Waals surface area contributed by atoms with Crippen LogP contribution in [-0.4, -0.2) is 68.9 Å². The summed E-state index contributed by atoms with van der Waals surface area (Å²) in [6.45, 7) is 3.65. The van der Waals surface area contributed by atoms with Crippen molar-refractivity contribution in [1.82, 2.24) is 14.5 Å². The topological polar surface area (TPSA) is 105 Å². The lowest BCUT2D eigenvalue weighted by Gasteiger charge is -2.31. The first-order valence-electron chi connectivity index (χ1n) is 14.0. The maximum atomic E-state index is 13.8. The summed E-state index contributed by atoms with van der Waals surface area (Å²) < 4.78 is 38.3. The van der Waals surface area contributed by atoms with Gasteiger partial charge in [-0.25, -0.2) is 8.42 Å². The van der Waals surface area contributed by atoms with E-state index in [1.54, 1.807) is 12.1 Å². The van der Waals surface area contributed by atoms with E-state index in [4.69, 9.17) is 21.1 Å². The van der Waals surface area contributed by atoms with Crippen LogP contribution in [0.25, 0.3) is 0 Å². The molecular formula is C31H36ClN3O6S. The van der Waals surface area contributed by atoms with Gasteiger partial charge in [0, 0.05) is 31.2 Å². The number of carbonyl (C=O) groups excluding carboxylic acids is 2. The highest BCUT2D eigenvalue weighted by Crippen LogP contribution is 2.26. The van der Waals surface area contributed by atoms with Gasteiger partial charge in [-0.1, -0.05) is 67.4 Å². The Morgan fingerprint density at radius 2 is 1.67 bits per heavy atom. The maximum Gasteiger partial charge on any atom is 0.261 e. The van der Waals surface area contributed by atoms with Crippen LogP contribution in [0.2, 0.25) is 5.02 Å². The van der Waals surface area contributed by atoms with E-state index in [9.17, 15) is 18.0 Å². The highest BCUT2D eigenvalue weighted by Gasteiger charge is 2.32. The average molecular weight is 614 g/mol. The molecule has 42 heavy (non-hydrogen) atoms. The maximum absolute atomic E-state index is 13.8. The fourth-order valence-corrected chi connectivity index (χ4v) is 6.11. The highest BCUT2D eigenvalue weighted by atomic mass is 35.5. The normalized spacial score (nSPS) is 14.6. The van der Waals surface area contributed by atoms with Gasteiger partial charge in [0.05, 0.1) is 18.1 Å². The van der Waals surface area contributed by atoms with Crippen molar-refractivity contribution in [1.29, 1.82) is 0 Å². The quantitative estimate of drug-likeness (QED) is 0.286. The Kier molecular flexibility index (Phi) is 11.4. The monoisotopic (exact) mass is 613 g/mol. The number of unbranched alkanes of at least 4 members (excludes halogenated alkanes) is 1. The van der Waals surface area contributed by atoms with Crippen LogP contribution in [0.1, 0.15) is 36.9 Å². The molecule has 1 aliphatic heterocycles. The molecule has 1 heterocycles. The largest absolute Gasteiger partial charge is 0.484 e. The Morgan fingerprint density at radius 1 is 1.00 bits per heavy atom. The van der Waals surface area contributed by atoms with Crippen LogP contribution in [-0.2, 0) is 30.9 Å². The number of benzene rings is 3. The zero-order chi connectivity index (χ0) is 30.0. The molecule has 224 valence electrons. The van der Waals surface area contributed by atoms with Crippen LogP contribution in [0, 0.1) is 0 Å². The summed E-state index contributed by atoms with van der Waals surface area (Å²) in [5, 5.41) is 3.54. The molecule has 3 aromatic carbocycles. The lowest BCUT2D eigenvalue weighted by Crippen LogP contribution is -2.45. The van der Waals surface area contributed by atoms with Gasteiger partial charge in [-0.05, 0) is 53.9 Å². The summed E-state index contributed by atoms with van der Waals surface area (Å²) in [7, 11) is -3.65. The number of nitrogens with one attached hydrogen (secondary N) is 1. The predicted molar refractivity (Wildman–Crippen MR) is 161 cm³/mol. The zero-order valence-corrected chi connectivity index (χ0v) is 25.1. The second-order valence-electron chi connectivity index (χ2n) is 9.88. The van der Waals surface area contributed by atoms with E-state index in [0.717, 1.165) is 18.4 Å². The summed E-state index contributed by atoms with van der Waals surface area (Å²) in [5.74, 6) is -0.358. The van der Waals surface area contributed by atoms with Gasteiger partial charge in [-0.3, -0.25) is 9.59 Å². The van der Waals surface area contributed by atoms with Crippen molar-refractivity contribution in [3.8, 4) is 5.75 Å². The van der Waals surface area contributed by atoms with Gasteiger partial charge in [-0.15, -0.1) is 0 Å². The van der Waals surface area contributed by atoms with E-state index in [2.05, 4.69) is 5.32 Å². The van der Waals surface area contributed by atoms with E-state index < -0.39 is 22.0 Å². The minimum Gasteiger partial charge on any atom is -0.484 e. The van der Waals surface area contributed by atoms with Gasteiger partial charge in [0.15, 0.2) is 6.61 Å². The van der Waals surface area contributed by atoms with Crippen molar-refractivity contribution >= 4 is 33.4 Å². The number of sulfonamides is 1. The number of carbonyl (C=O) groups is 2. The molecule has 2 amide bonds. The molecule has 0 radical (unpaired) electrons. The third-order valence-corrected chi connectivity index (χ3v) is 9.05. The minimum atomic E-state index is -3.65. The molecule has 0 unspecified atom stereocenters. The Labute approximate surface area is 252 Å². The summed E-state index contributed by atoms with van der Waals surface area (Å²) in [5.41, 5.74) is 1.47. The van der Waals surface area contributed by atoms with Gasteiger partial charge in [0.2, 0.25) is 15.9 Å². The van der Waals surface area contributed by atoms with Crippen molar-refractivity contribution < 1.29 is 27.5 Å². The van der Waals surface area contributed by atoms with Crippen molar-refractivity contribution in [3.05, 3.63) is 95.0 Å². The van der Waals surface area contributed by atoms with Crippen LogP contribution >= 0.6 is 11.6 Å². The summed E-state index contributed by atoms with van der Waals surface area (Å²) in [6, 6.07) is 21.3. The second-order valence-corrected chi connectivity index (χ2v) is 12.3. The van der Waals surface area contributed by atoms with E-state index in [1.807, 2.05) is 49.4 Å². The number of morpholine rings is 1. The van der Waals surface area contributed by atoms with Crippen molar-refractivity contribution in [3.63, 3.8) is 0 Å². The number of hydrogen-bond donors (Lipinski definition) is 1. The van der Waals surface area contributed by atoms with Crippen LogP contribution in [0.5, 0.6) is 5.75 Å². The van der Waals surface area contributed by atoms with Crippen molar-refractivity contribution in [2.24, 2.45) is 0 Å². The van der Waals surface area contributed by atoms with Crippen molar-refractivity contribution in [2.75, 3.05) is 39.5 Å². The molecule has 9 nitrogen and oxygen atoms in total. The first-order chi connectivity index (χ1) is 20.3. The lowest BCUT2D eigenvalue weighted by atomic mass is 10.0. The number of amides is 2. The Bertz CT molecular complexity index is 1410. The molecule has 1 saturated heterocycles. The van der Waals surface area contributed by atoms with E-state index in [1.165, 1.54) is 33.5 Å². The molecule has 4 rings (SSSR count). The molecule has 1 N–H and O–H groups in total. The molecular weight excluding hydrogens is 578 g/mol. The molecule has 0 spiro atoms. The summed E-state index contributed by atoms with van der Waals surface area (Å²) in [4.78, 5) is 28.9. The Hall–Kier alpha value is -3.44. The molecule has 11 heteroatoms. The van der Waals surface area contributed by atoms with Crippen LogP contribution in [0.4, 0.5) is 0 Å². The summed E-state index contributed by atoms with van der Waals surface area (Å²) >= 11 is 6.08. The Balaban J connectivity index is 1.54. The van der Waals surface area contributed by atoms with Crippen LogP contribution < -0.4 is 10.1 Å². The molecule has 1 fully saturated rings. The molecule has 1 aliphatic rings. The van der Waals surface area contributed by atoms with Gasteiger partial charge in [0.25, 0.3) is 5.91 Å². The fourth-order valence-electron chi connectivity index (χ4n) is 4.58. The predicted octanol–water partition coefficient (Wildman–Crippen LogP) is 4.43. The third-order valence-electron chi connectivity index (χ3n) is 6.89. The van der Waals surface area contributed by atoms with E-state index in [0.29, 0.717) is 49.2 Å². The van der Waals surface area contributed by atoms with Gasteiger partial charge < -0.3 is 19.7 Å². The molecule has 0 saturated carbocycles. The smallest absolute Gasteiger partial charge is 0.261 e. The second kappa shape index (κ2) is 15.2. The molecule has 3 aromatic rings. The molecule has 0 aliphatic carbocycles. The average Bonchev–Trinajstić information content (AvgIpc) is 3.02. The van der Waals surface area contributed by atoms with Crippen LogP contribution in [0.3, 0.4) is 0 Å². The van der Waals surface area contributed by atoms with Crippen LogP contribution in [0.15, 0.2) is 83.8 Å². The van der Waals surface area contributed by atoms with Gasteiger partial charge in [0.1, 0.15) is 11.8 Å². The highest BCUT2D eigenvalue weighted by molar-refractivity contribution is 7.89. The van der Waals surface area contributed by atoms with E-state index in [-0.39, 0.29) is 24.0 Å². The first kappa shape index (κ1) is 31.5. The lowest BCUT2D eigenvalue weighted by molar-refractivity contribution is -0.143. The Morgan fingerprint density at radius 3 is 2.31 bits per heavy atom.